The molecule has 4 nitrogen and oxygen atoms in total. The number of ether oxygens (including phenoxy) is 1. The number of nitrogens with one attached hydrogen (secondary N) is 1. The number of fused-ring (bicyclic) bond motifs is 6. The van der Waals surface area contributed by atoms with Gasteiger partial charge >= 0.3 is 0 Å². The Morgan fingerprint density at radius 3 is 2.84 bits per heavy atom. The molecule has 0 aromatic carbocycles. The van der Waals surface area contributed by atoms with Crippen molar-refractivity contribution >= 4 is 5.78 Å². The standard InChI is InChI=1S/C27H39NO3/c1-14-11-21-24(28-13-14)16(3)27(31-21)10-8-19-20-6-5-17-12-18(29)7-9-26(17,4)23(20)25(30)22(19)15(27)2/h5,14,16,18-21,23-24,28-29H,6-13H2,1-4H3/t14-,16+,18+,19+,20-,21-,23-,24-,26+,27-/m1/s1. The first-order valence-corrected chi connectivity index (χ1v) is 12.8. The van der Waals surface area contributed by atoms with E-state index in [1.807, 2.05) is 0 Å². The van der Waals surface area contributed by atoms with Gasteiger partial charge in [0.1, 0.15) is 0 Å². The van der Waals surface area contributed by atoms with E-state index in [9.17, 15) is 9.90 Å². The highest BCUT2D eigenvalue weighted by atomic mass is 16.5. The summed E-state index contributed by atoms with van der Waals surface area (Å²) >= 11 is 0. The number of Topliss-reactive ketones (excluding diaryl/α,β-unsaturated/α-hetero) is 1. The summed E-state index contributed by atoms with van der Waals surface area (Å²) in [6.45, 7) is 10.3. The van der Waals surface area contributed by atoms with Gasteiger partial charge in [-0.3, -0.25) is 4.79 Å². The zero-order valence-electron chi connectivity index (χ0n) is 19.6. The fourth-order valence-corrected chi connectivity index (χ4v) is 8.93. The van der Waals surface area contributed by atoms with Crippen molar-refractivity contribution < 1.29 is 14.6 Å². The fourth-order valence-electron chi connectivity index (χ4n) is 8.93. The highest BCUT2D eigenvalue weighted by Gasteiger charge is 2.63. The van der Waals surface area contributed by atoms with Gasteiger partial charge in [-0.1, -0.05) is 32.4 Å². The number of piperidine rings is 1. The number of hydrogen-bond donors (Lipinski definition) is 2. The Bertz CT molecular complexity index is 876. The maximum atomic E-state index is 14.1. The third kappa shape index (κ3) is 2.62. The predicted molar refractivity (Wildman–Crippen MR) is 120 cm³/mol. The molecule has 0 aromatic rings. The van der Waals surface area contributed by atoms with E-state index in [0.717, 1.165) is 57.1 Å². The quantitative estimate of drug-likeness (QED) is 0.572. The van der Waals surface area contributed by atoms with Gasteiger partial charge < -0.3 is 15.2 Å². The molecule has 1 spiro atoms. The van der Waals surface area contributed by atoms with Gasteiger partial charge in [0.15, 0.2) is 5.78 Å². The second kappa shape index (κ2) is 6.77. The smallest absolute Gasteiger partial charge is 0.163 e. The van der Waals surface area contributed by atoms with Gasteiger partial charge in [-0.25, -0.2) is 0 Å². The minimum atomic E-state index is -0.263. The number of ketones is 1. The molecule has 170 valence electrons. The summed E-state index contributed by atoms with van der Waals surface area (Å²) in [5.41, 5.74) is 3.43. The maximum Gasteiger partial charge on any atom is 0.163 e. The summed E-state index contributed by atoms with van der Waals surface area (Å²) in [7, 11) is 0. The van der Waals surface area contributed by atoms with Gasteiger partial charge in [-0.2, -0.15) is 0 Å². The van der Waals surface area contributed by atoms with Crippen molar-refractivity contribution in [2.75, 3.05) is 6.54 Å². The van der Waals surface area contributed by atoms with E-state index in [-0.39, 0.29) is 29.1 Å². The first-order chi connectivity index (χ1) is 14.8. The van der Waals surface area contributed by atoms with Crippen molar-refractivity contribution in [2.45, 2.75) is 96.5 Å². The first-order valence-electron chi connectivity index (χ1n) is 12.8. The van der Waals surface area contributed by atoms with E-state index in [1.54, 1.807) is 0 Å². The summed E-state index contributed by atoms with van der Waals surface area (Å²) in [4.78, 5) is 14.1. The number of aliphatic hydroxyl groups excluding tert-OH is 1. The molecule has 4 fully saturated rings. The molecule has 2 N–H and O–H groups in total. The summed E-state index contributed by atoms with van der Waals surface area (Å²) in [5.74, 6) is 2.41. The average Bonchev–Trinajstić information content (AvgIpc) is 3.18. The van der Waals surface area contributed by atoms with E-state index < -0.39 is 0 Å². The van der Waals surface area contributed by atoms with Crippen molar-refractivity contribution in [3.63, 3.8) is 0 Å². The third-order valence-corrected chi connectivity index (χ3v) is 10.6. The fraction of sp³-hybridized carbons (Fsp3) is 0.815. The molecule has 2 saturated carbocycles. The topological polar surface area (TPSA) is 58.6 Å². The Labute approximate surface area is 186 Å². The summed E-state index contributed by atoms with van der Waals surface area (Å²) in [6, 6.07) is 0.410. The van der Waals surface area contributed by atoms with E-state index in [1.165, 1.54) is 11.1 Å². The van der Waals surface area contributed by atoms with E-state index in [4.69, 9.17) is 4.74 Å². The van der Waals surface area contributed by atoms with Crippen LogP contribution < -0.4 is 5.32 Å². The van der Waals surface area contributed by atoms with Crippen LogP contribution in [0.15, 0.2) is 22.8 Å². The maximum absolute atomic E-state index is 14.1. The number of carbonyl (C=O) groups is 1. The monoisotopic (exact) mass is 425 g/mol. The second-order valence-electron chi connectivity index (χ2n) is 12.1. The van der Waals surface area contributed by atoms with Gasteiger partial charge in [0.2, 0.25) is 0 Å². The van der Waals surface area contributed by atoms with Crippen LogP contribution in [0.1, 0.15) is 72.6 Å². The van der Waals surface area contributed by atoms with Crippen LogP contribution >= 0.6 is 0 Å². The number of carbonyl (C=O) groups excluding carboxylic acids is 1. The van der Waals surface area contributed by atoms with Crippen molar-refractivity contribution in [3.8, 4) is 0 Å². The molecule has 4 heteroatoms. The van der Waals surface area contributed by atoms with Gasteiger partial charge in [0.05, 0.1) is 17.8 Å². The molecule has 0 radical (unpaired) electrons. The van der Waals surface area contributed by atoms with Crippen molar-refractivity contribution in [2.24, 2.45) is 35.0 Å². The number of aliphatic hydroxyl groups is 1. The van der Waals surface area contributed by atoms with Crippen LogP contribution in [-0.4, -0.2) is 41.3 Å². The average molecular weight is 426 g/mol. The lowest BCUT2D eigenvalue weighted by molar-refractivity contribution is -0.123. The van der Waals surface area contributed by atoms with Crippen LogP contribution in [0.5, 0.6) is 0 Å². The molecule has 0 bridgehead atoms. The molecule has 0 amide bonds. The molecule has 2 aliphatic heterocycles. The highest BCUT2D eigenvalue weighted by molar-refractivity contribution is 6.02. The van der Waals surface area contributed by atoms with E-state index >= 15 is 0 Å². The zero-order valence-corrected chi connectivity index (χ0v) is 19.6. The summed E-state index contributed by atoms with van der Waals surface area (Å²) in [6.07, 6.45) is 9.23. The zero-order chi connectivity index (χ0) is 21.7. The minimum Gasteiger partial charge on any atom is -0.393 e. The molecular weight excluding hydrogens is 386 g/mol. The Kier molecular flexibility index (Phi) is 4.51. The Morgan fingerprint density at radius 2 is 2.03 bits per heavy atom. The molecule has 0 aromatic heterocycles. The molecule has 6 aliphatic rings. The number of allylic oxidation sites excluding steroid dienone is 2. The van der Waals surface area contributed by atoms with Crippen LogP contribution in [0.2, 0.25) is 0 Å². The lowest BCUT2D eigenvalue weighted by Gasteiger charge is -2.48. The molecule has 31 heavy (non-hydrogen) atoms. The normalized spacial score (nSPS) is 53.7. The predicted octanol–water partition coefficient (Wildman–Crippen LogP) is 4.18. The molecule has 2 heterocycles. The lowest BCUT2D eigenvalue weighted by Crippen LogP contribution is -2.49. The second-order valence-corrected chi connectivity index (χ2v) is 12.1. The first kappa shape index (κ1) is 20.6. The largest absolute Gasteiger partial charge is 0.393 e. The Balaban J connectivity index is 1.39. The minimum absolute atomic E-state index is 0.0653. The van der Waals surface area contributed by atoms with Gasteiger partial charge in [-0.15, -0.1) is 0 Å². The van der Waals surface area contributed by atoms with Crippen LogP contribution in [0.3, 0.4) is 0 Å². The van der Waals surface area contributed by atoms with Crippen LogP contribution in [0.25, 0.3) is 0 Å². The van der Waals surface area contributed by atoms with Gasteiger partial charge in [0.25, 0.3) is 0 Å². The molecule has 2 saturated heterocycles. The molecule has 6 rings (SSSR count). The lowest BCUT2D eigenvalue weighted by atomic mass is 9.56. The van der Waals surface area contributed by atoms with Crippen LogP contribution in [0, 0.1) is 35.0 Å². The SMILES string of the molecule is CC1=C2C(=O)[C@H]3[C@H](CC=C4C[C@@H](O)CC[C@@]43C)[C@@H]2CC[C@@]12O[C@@H]1C[C@@H](C)CN[C@@H]1[C@@H]2C. The van der Waals surface area contributed by atoms with Crippen LogP contribution in [0.4, 0.5) is 0 Å². The van der Waals surface area contributed by atoms with Crippen molar-refractivity contribution in [1.82, 2.24) is 5.32 Å². The third-order valence-electron chi connectivity index (χ3n) is 10.6. The highest BCUT2D eigenvalue weighted by Crippen LogP contribution is 2.63. The number of rotatable bonds is 0. The summed E-state index contributed by atoms with van der Waals surface area (Å²) in [5, 5.41) is 14.0. The molecule has 10 atom stereocenters. The number of hydrogen-bond acceptors (Lipinski definition) is 4. The van der Waals surface area contributed by atoms with Crippen molar-refractivity contribution in [1.29, 1.82) is 0 Å². The Hall–Kier alpha value is -0.970. The Morgan fingerprint density at radius 1 is 1.23 bits per heavy atom. The molecule has 4 aliphatic carbocycles. The molecular formula is C27H39NO3. The van der Waals surface area contributed by atoms with Crippen LogP contribution in [-0.2, 0) is 9.53 Å². The molecule has 0 unspecified atom stereocenters. The van der Waals surface area contributed by atoms with E-state index in [0.29, 0.717) is 35.5 Å². The van der Waals surface area contributed by atoms with Gasteiger partial charge in [0, 0.05) is 23.5 Å². The van der Waals surface area contributed by atoms with E-state index in [2.05, 4.69) is 39.1 Å². The van der Waals surface area contributed by atoms with Gasteiger partial charge in [-0.05, 0) is 87.2 Å². The summed E-state index contributed by atoms with van der Waals surface area (Å²) < 4.78 is 6.93. The van der Waals surface area contributed by atoms with Crippen molar-refractivity contribution in [3.05, 3.63) is 22.8 Å².